The van der Waals surface area contributed by atoms with Crippen molar-refractivity contribution >= 4 is 39.8 Å². The maximum atomic E-state index is 13.9. The minimum atomic E-state index is -0.987. The van der Waals surface area contributed by atoms with E-state index in [1.165, 1.54) is 24.5 Å². The molecule has 0 radical (unpaired) electrons. The lowest BCUT2D eigenvalue weighted by Crippen LogP contribution is -2.33. The number of hydrazone groups is 1. The topological polar surface area (TPSA) is 115 Å². The monoisotopic (exact) mass is 581 g/mol. The molecule has 0 bridgehead atoms. The van der Waals surface area contributed by atoms with Crippen molar-refractivity contribution in [3.8, 4) is 11.5 Å². The number of halogens is 1. The molecule has 0 spiro atoms. The molecular weight excluding hydrogens is 549 g/mol. The first kappa shape index (κ1) is 29.7. The number of esters is 1. The molecule has 0 unspecified atom stereocenters. The Hall–Kier alpha value is -4.25. The predicted octanol–water partition coefficient (Wildman–Crippen LogP) is 5.40. The molecule has 216 valence electrons. The van der Waals surface area contributed by atoms with Crippen molar-refractivity contribution in [1.82, 2.24) is 5.43 Å². The van der Waals surface area contributed by atoms with Crippen molar-refractivity contribution in [1.29, 1.82) is 0 Å². The van der Waals surface area contributed by atoms with E-state index in [2.05, 4.69) is 15.8 Å². The van der Waals surface area contributed by atoms with E-state index in [1.54, 1.807) is 50.2 Å². The van der Waals surface area contributed by atoms with E-state index >= 15 is 0 Å². The lowest BCUT2D eigenvalue weighted by atomic mass is 10.1. The van der Waals surface area contributed by atoms with Crippen LogP contribution < -0.4 is 20.2 Å². The molecule has 1 aromatic heterocycles. The number of amides is 2. The highest BCUT2D eigenvalue weighted by molar-refractivity contribution is 7.17. The molecule has 11 heteroatoms. The summed E-state index contributed by atoms with van der Waals surface area (Å²) in [6, 6.07) is 11.3. The van der Waals surface area contributed by atoms with Gasteiger partial charge in [0, 0.05) is 16.0 Å². The Kier molecular flexibility index (Phi) is 10.1. The molecule has 2 aromatic carbocycles. The molecule has 9 nitrogen and oxygen atoms in total. The van der Waals surface area contributed by atoms with Gasteiger partial charge in [-0.25, -0.2) is 14.6 Å². The second-order valence-corrected chi connectivity index (χ2v) is 10.4. The van der Waals surface area contributed by atoms with Gasteiger partial charge in [0.15, 0.2) is 11.5 Å². The van der Waals surface area contributed by atoms with Gasteiger partial charge < -0.3 is 19.5 Å². The first-order valence-electron chi connectivity index (χ1n) is 13.3. The van der Waals surface area contributed by atoms with Crippen molar-refractivity contribution < 1.29 is 33.0 Å². The van der Waals surface area contributed by atoms with E-state index < -0.39 is 17.8 Å². The molecule has 4 rings (SSSR count). The van der Waals surface area contributed by atoms with Crippen LogP contribution in [0, 0.1) is 5.82 Å². The summed E-state index contributed by atoms with van der Waals surface area (Å²) in [6.07, 6.45) is 4.55. The number of benzene rings is 2. The molecule has 0 atom stereocenters. The van der Waals surface area contributed by atoms with Crippen LogP contribution >= 0.6 is 11.3 Å². The molecular formula is C30H32FN3O6S. The number of rotatable bonds is 9. The van der Waals surface area contributed by atoms with Gasteiger partial charge in [0.25, 0.3) is 0 Å². The Morgan fingerprint density at radius 2 is 1.80 bits per heavy atom. The number of hydrogen-bond acceptors (Lipinski definition) is 8. The number of carbonyl (C=O) groups excluding carboxylic acids is 3. The zero-order valence-electron chi connectivity index (χ0n) is 23.2. The van der Waals surface area contributed by atoms with Gasteiger partial charge >= 0.3 is 17.8 Å². The molecule has 0 saturated heterocycles. The second-order valence-electron chi connectivity index (χ2n) is 9.33. The van der Waals surface area contributed by atoms with Crippen LogP contribution in [0.3, 0.4) is 0 Å². The van der Waals surface area contributed by atoms with Crippen LogP contribution in [-0.2, 0) is 33.8 Å². The van der Waals surface area contributed by atoms with Crippen molar-refractivity contribution in [2.24, 2.45) is 5.10 Å². The number of hydrogen-bond donors (Lipinski definition) is 2. The quantitative estimate of drug-likeness (QED) is 0.115. The van der Waals surface area contributed by atoms with Crippen LogP contribution in [0.4, 0.5) is 9.39 Å². The smallest absolute Gasteiger partial charge is 0.341 e. The lowest BCUT2D eigenvalue weighted by Gasteiger charge is -2.13. The molecule has 3 aromatic rings. The number of nitrogens with one attached hydrogen (secondary N) is 2. The summed E-state index contributed by atoms with van der Waals surface area (Å²) in [4.78, 5) is 39.1. The zero-order valence-corrected chi connectivity index (χ0v) is 24.0. The molecule has 0 aliphatic heterocycles. The maximum Gasteiger partial charge on any atom is 0.341 e. The van der Waals surface area contributed by atoms with E-state index in [0.29, 0.717) is 38.9 Å². The van der Waals surface area contributed by atoms with Gasteiger partial charge in [-0.05, 0) is 69.4 Å². The van der Waals surface area contributed by atoms with E-state index in [4.69, 9.17) is 14.2 Å². The van der Waals surface area contributed by atoms with Gasteiger partial charge in [0.2, 0.25) is 0 Å². The van der Waals surface area contributed by atoms with Crippen LogP contribution in [0.2, 0.25) is 0 Å². The third-order valence-electron chi connectivity index (χ3n) is 6.58. The Morgan fingerprint density at radius 1 is 1.02 bits per heavy atom. The second kappa shape index (κ2) is 13.9. The summed E-state index contributed by atoms with van der Waals surface area (Å²) < 4.78 is 30.3. The summed E-state index contributed by atoms with van der Waals surface area (Å²) in [5, 5.41) is 6.95. The van der Waals surface area contributed by atoms with Gasteiger partial charge in [-0.1, -0.05) is 24.6 Å². The number of anilines is 1. The molecule has 0 fully saturated rings. The third-order valence-corrected chi connectivity index (χ3v) is 7.79. The van der Waals surface area contributed by atoms with E-state index in [9.17, 15) is 18.8 Å². The van der Waals surface area contributed by atoms with E-state index in [-0.39, 0.29) is 19.0 Å². The number of aryl methyl sites for hydroxylation is 1. The first-order valence-corrected chi connectivity index (χ1v) is 14.2. The maximum absolute atomic E-state index is 13.9. The van der Waals surface area contributed by atoms with Gasteiger partial charge in [0.1, 0.15) is 17.4 Å². The SMILES string of the molecule is CCOC(=O)c1c(NC(=O)C(=O)NN=C(C)c2ccc(OCc3ccccc3F)c(OC)c2)sc2c1CCCCC2. The van der Waals surface area contributed by atoms with Crippen molar-refractivity contribution in [2.45, 2.75) is 52.6 Å². The van der Waals surface area contributed by atoms with E-state index in [0.717, 1.165) is 42.5 Å². The normalized spacial score (nSPS) is 13.0. The van der Waals surface area contributed by atoms with Crippen LogP contribution in [0.5, 0.6) is 11.5 Å². The van der Waals surface area contributed by atoms with Crippen LogP contribution in [0.1, 0.15) is 65.0 Å². The van der Waals surface area contributed by atoms with Gasteiger partial charge in [-0.15, -0.1) is 11.3 Å². The Balaban J connectivity index is 1.43. The van der Waals surface area contributed by atoms with Crippen LogP contribution in [-0.4, -0.2) is 37.2 Å². The molecule has 1 aliphatic carbocycles. The summed E-state index contributed by atoms with van der Waals surface area (Å²) in [5.74, 6) is -2.01. The number of thiophene rings is 1. The molecule has 0 saturated carbocycles. The Labute approximate surface area is 241 Å². The number of methoxy groups -OCH3 is 1. The molecule has 2 amide bonds. The number of carbonyl (C=O) groups is 3. The summed E-state index contributed by atoms with van der Waals surface area (Å²) in [5.41, 5.74) is 4.90. The van der Waals surface area contributed by atoms with Crippen LogP contribution in [0.15, 0.2) is 47.6 Å². The van der Waals surface area contributed by atoms with Crippen molar-refractivity contribution in [3.63, 3.8) is 0 Å². The third kappa shape index (κ3) is 7.29. The van der Waals surface area contributed by atoms with Crippen LogP contribution in [0.25, 0.3) is 0 Å². The highest BCUT2D eigenvalue weighted by Crippen LogP contribution is 2.38. The highest BCUT2D eigenvalue weighted by atomic mass is 32.1. The largest absolute Gasteiger partial charge is 0.493 e. The predicted molar refractivity (Wildman–Crippen MR) is 154 cm³/mol. The minimum Gasteiger partial charge on any atom is -0.493 e. The Bertz CT molecular complexity index is 1470. The highest BCUT2D eigenvalue weighted by Gasteiger charge is 2.28. The first-order chi connectivity index (χ1) is 19.8. The zero-order chi connectivity index (χ0) is 29.4. The van der Waals surface area contributed by atoms with Crippen molar-refractivity contribution in [2.75, 3.05) is 19.0 Å². The average molecular weight is 582 g/mol. The number of nitrogens with zero attached hydrogens (tertiary/aromatic N) is 1. The van der Waals surface area contributed by atoms with Gasteiger partial charge in [-0.3, -0.25) is 9.59 Å². The fourth-order valence-corrected chi connectivity index (χ4v) is 5.72. The molecule has 1 heterocycles. The molecule has 2 N–H and O–H groups in total. The summed E-state index contributed by atoms with van der Waals surface area (Å²) in [7, 11) is 1.47. The van der Waals surface area contributed by atoms with Gasteiger partial charge in [0.05, 0.1) is 25.0 Å². The summed E-state index contributed by atoms with van der Waals surface area (Å²) >= 11 is 1.31. The number of fused-ring (bicyclic) bond motifs is 1. The lowest BCUT2D eigenvalue weighted by molar-refractivity contribution is -0.136. The summed E-state index contributed by atoms with van der Waals surface area (Å²) in [6.45, 7) is 3.60. The fourth-order valence-electron chi connectivity index (χ4n) is 4.44. The number of ether oxygens (including phenoxy) is 3. The average Bonchev–Trinajstić information content (AvgIpc) is 3.14. The Morgan fingerprint density at radius 3 is 2.56 bits per heavy atom. The van der Waals surface area contributed by atoms with E-state index in [1.807, 2.05) is 0 Å². The minimum absolute atomic E-state index is 0.0196. The molecule has 1 aliphatic rings. The standard InChI is InChI=1S/C30H32FN3O6S/c1-4-39-30(37)26-21-11-6-5-7-13-25(21)41-29(26)32-27(35)28(36)34-33-18(2)19-14-15-23(24(16-19)38-3)40-17-20-10-8-9-12-22(20)31/h8-10,12,14-16H,4-7,11,13,17H2,1-3H3,(H,32,35)(H,34,36). The molecule has 41 heavy (non-hydrogen) atoms. The van der Waals surface area contributed by atoms with Crippen molar-refractivity contribution in [3.05, 3.63) is 75.4 Å². The fraction of sp³-hybridized carbons (Fsp3) is 0.333. The van der Waals surface area contributed by atoms with Gasteiger partial charge in [-0.2, -0.15) is 5.10 Å².